The van der Waals surface area contributed by atoms with E-state index in [2.05, 4.69) is 13.2 Å². The third-order valence-corrected chi connectivity index (χ3v) is 2.72. The van der Waals surface area contributed by atoms with Crippen molar-refractivity contribution in [3.8, 4) is 0 Å². The SMILES string of the molecule is C=CC1=C(/C=C(\C=C)CC(C)=O)C(O)CC1.CC.CC.CC. The molecule has 0 saturated carbocycles. The number of hydrogen-bond donors (Lipinski definition) is 1. The van der Waals surface area contributed by atoms with E-state index in [0.29, 0.717) is 6.42 Å². The van der Waals surface area contributed by atoms with E-state index in [9.17, 15) is 9.90 Å². The Morgan fingerprint density at radius 1 is 1.18 bits per heavy atom. The third kappa shape index (κ3) is 10.3. The number of hydrogen-bond acceptors (Lipinski definition) is 2. The highest BCUT2D eigenvalue weighted by Crippen LogP contribution is 2.29. The highest BCUT2D eigenvalue weighted by Gasteiger charge is 2.20. The summed E-state index contributed by atoms with van der Waals surface area (Å²) < 4.78 is 0. The van der Waals surface area contributed by atoms with Crippen molar-refractivity contribution in [1.29, 1.82) is 0 Å². The van der Waals surface area contributed by atoms with Crippen LogP contribution in [-0.2, 0) is 4.79 Å². The van der Waals surface area contributed by atoms with Crippen LogP contribution < -0.4 is 0 Å². The molecule has 1 aliphatic carbocycles. The van der Waals surface area contributed by atoms with Crippen molar-refractivity contribution in [1.82, 2.24) is 0 Å². The molecule has 128 valence electrons. The van der Waals surface area contributed by atoms with Gasteiger partial charge >= 0.3 is 0 Å². The van der Waals surface area contributed by atoms with Crippen LogP contribution >= 0.6 is 0 Å². The lowest BCUT2D eigenvalue weighted by Crippen LogP contribution is -2.04. The van der Waals surface area contributed by atoms with Gasteiger partial charge in [0.2, 0.25) is 0 Å². The fraction of sp³-hybridized carbons (Fsp3) is 0.550. The molecular weight excluding hydrogens is 272 g/mol. The molecule has 0 spiro atoms. The van der Waals surface area contributed by atoms with Crippen LogP contribution in [0.4, 0.5) is 0 Å². The summed E-state index contributed by atoms with van der Waals surface area (Å²) in [6.45, 7) is 21.0. The molecule has 0 aromatic carbocycles. The molecule has 0 aromatic rings. The molecule has 0 radical (unpaired) electrons. The molecular formula is C20H36O2. The van der Waals surface area contributed by atoms with Crippen LogP contribution in [0.1, 0.15) is 67.7 Å². The maximum absolute atomic E-state index is 11.0. The topological polar surface area (TPSA) is 37.3 Å². The molecule has 1 N–H and O–H groups in total. The summed E-state index contributed by atoms with van der Waals surface area (Å²) in [6.07, 6.45) is 6.82. The molecule has 0 saturated heterocycles. The first-order valence-electron chi connectivity index (χ1n) is 8.44. The quantitative estimate of drug-likeness (QED) is 0.652. The molecule has 2 nitrogen and oxygen atoms in total. The molecule has 1 rings (SSSR count). The molecule has 0 aromatic heterocycles. The lowest BCUT2D eigenvalue weighted by molar-refractivity contribution is -0.116. The van der Waals surface area contributed by atoms with Crippen molar-refractivity contribution in [2.75, 3.05) is 0 Å². The van der Waals surface area contributed by atoms with Crippen LogP contribution in [-0.4, -0.2) is 17.0 Å². The average Bonchev–Trinajstić information content (AvgIpc) is 2.92. The molecule has 1 aliphatic rings. The normalized spacial score (nSPS) is 16.2. The molecule has 0 amide bonds. The molecule has 0 bridgehead atoms. The van der Waals surface area contributed by atoms with Crippen LogP contribution in [0.5, 0.6) is 0 Å². The van der Waals surface area contributed by atoms with Gasteiger partial charge in [0.1, 0.15) is 5.78 Å². The van der Waals surface area contributed by atoms with Crippen molar-refractivity contribution in [2.24, 2.45) is 0 Å². The van der Waals surface area contributed by atoms with Gasteiger partial charge in [0.05, 0.1) is 6.10 Å². The Balaban J connectivity index is -0.000000535. The van der Waals surface area contributed by atoms with Crippen LogP contribution in [0, 0.1) is 0 Å². The van der Waals surface area contributed by atoms with Gasteiger partial charge in [-0.25, -0.2) is 0 Å². The number of Topliss-reactive ketones (excluding diaryl/α,β-unsaturated/α-hetero) is 1. The number of aliphatic hydroxyl groups excluding tert-OH is 1. The Labute approximate surface area is 138 Å². The van der Waals surface area contributed by atoms with E-state index in [4.69, 9.17) is 0 Å². The van der Waals surface area contributed by atoms with E-state index >= 15 is 0 Å². The Kier molecular flexibility index (Phi) is 20.5. The second-order valence-corrected chi connectivity index (χ2v) is 4.04. The van der Waals surface area contributed by atoms with Gasteiger partial charge in [-0.3, -0.25) is 4.79 Å². The highest BCUT2D eigenvalue weighted by atomic mass is 16.3. The van der Waals surface area contributed by atoms with Gasteiger partial charge in [0, 0.05) is 6.42 Å². The largest absolute Gasteiger partial charge is 0.388 e. The maximum atomic E-state index is 11.0. The third-order valence-electron chi connectivity index (χ3n) is 2.72. The van der Waals surface area contributed by atoms with Gasteiger partial charge in [-0.2, -0.15) is 0 Å². The second kappa shape index (κ2) is 17.6. The minimum absolute atomic E-state index is 0.0967. The van der Waals surface area contributed by atoms with Gasteiger partial charge in [-0.05, 0) is 36.5 Å². The summed E-state index contributed by atoms with van der Waals surface area (Å²) in [6, 6.07) is 0. The molecule has 0 aliphatic heterocycles. The van der Waals surface area contributed by atoms with Crippen LogP contribution in [0.3, 0.4) is 0 Å². The van der Waals surface area contributed by atoms with Gasteiger partial charge in [-0.15, -0.1) is 0 Å². The van der Waals surface area contributed by atoms with E-state index in [1.165, 1.54) is 0 Å². The Morgan fingerprint density at radius 3 is 2.05 bits per heavy atom. The molecule has 0 fully saturated rings. The van der Waals surface area contributed by atoms with Crippen LogP contribution in [0.2, 0.25) is 0 Å². The van der Waals surface area contributed by atoms with Crippen molar-refractivity contribution in [3.63, 3.8) is 0 Å². The Hall–Kier alpha value is -1.41. The predicted molar refractivity (Wildman–Crippen MR) is 100 cm³/mol. The monoisotopic (exact) mass is 308 g/mol. The molecule has 0 heterocycles. The standard InChI is InChI=1S/C14H18O2.3C2H6/c1-4-11(8-10(3)15)9-13-12(5-2)6-7-14(13)16;3*1-2/h4-5,9,14,16H,1-2,6-8H2,3H3;3*1-2H3/b11-9+;;;. The van der Waals surface area contributed by atoms with Crippen molar-refractivity contribution < 1.29 is 9.90 Å². The summed E-state index contributed by atoms with van der Waals surface area (Å²) in [5.41, 5.74) is 2.80. The number of carbonyl (C=O) groups excluding carboxylic acids is 1. The van der Waals surface area contributed by atoms with E-state index < -0.39 is 6.10 Å². The van der Waals surface area contributed by atoms with Crippen LogP contribution in [0.25, 0.3) is 0 Å². The van der Waals surface area contributed by atoms with E-state index in [1.54, 1.807) is 19.1 Å². The van der Waals surface area contributed by atoms with Crippen molar-refractivity contribution in [3.05, 3.63) is 48.1 Å². The zero-order valence-corrected chi connectivity index (χ0v) is 15.7. The fourth-order valence-corrected chi connectivity index (χ4v) is 1.88. The summed E-state index contributed by atoms with van der Waals surface area (Å²) in [7, 11) is 0. The zero-order chi connectivity index (χ0) is 18.1. The predicted octanol–water partition coefficient (Wildman–Crippen LogP) is 5.79. The van der Waals surface area contributed by atoms with Gasteiger partial charge in [-0.1, -0.05) is 72.9 Å². The second-order valence-electron chi connectivity index (χ2n) is 4.04. The Morgan fingerprint density at radius 2 is 1.68 bits per heavy atom. The van der Waals surface area contributed by atoms with Crippen molar-refractivity contribution >= 4 is 5.78 Å². The molecule has 22 heavy (non-hydrogen) atoms. The maximum Gasteiger partial charge on any atom is 0.134 e. The van der Waals surface area contributed by atoms with Crippen LogP contribution in [0.15, 0.2) is 48.1 Å². The number of rotatable bonds is 5. The minimum Gasteiger partial charge on any atom is -0.388 e. The molecule has 1 atom stereocenters. The number of ketones is 1. The fourth-order valence-electron chi connectivity index (χ4n) is 1.88. The number of aliphatic hydroxyl groups is 1. The number of carbonyl (C=O) groups is 1. The summed E-state index contributed by atoms with van der Waals surface area (Å²) in [4.78, 5) is 11.0. The lowest BCUT2D eigenvalue weighted by atomic mass is 10.0. The molecule has 2 heteroatoms. The van der Waals surface area contributed by atoms with Gasteiger partial charge < -0.3 is 5.11 Å². The summed E-state index contributed by atoms with van der Waals surface area (Å²) in [5.74, 6) is 0.0967. The van der Waals surface area contributed by atoms with Gasteiger partial charge in [0.15, 0.2) is 0 Å². The first-order valence-corrected chi connectivity index (χ1v) is 8.44. The summed E-state index contributed by atoms with van der Waals surface area (Å²) in [5, 5.41) is 9.80. The molecule has 1 unspecified atom stereocenters. The smallest absolute Gasteiger partial charge is 0.134 e. The summed E-state index contributed by atoms with van der Waals surface area (Å²) >= 11 is 0. The zero-order valence-electron chi connectivity index (χ0n) is 15.7. The first kappa shape index (κ1) is 25.5. The highest BCUT2D eigenvalue weighted by molar-refractivity contribution is 5.79. The number of allylic oxidation sites excluding steroid dienone is 4. The van der Waals surface area contributed by atoms with E-state index in [-0.39, 0.29) is 5.78 Å². The van der Waals surface area contributed by atoms with E-state index in [0.717, 1.165) is 29.6 Å². The van der Waals surface area contributed by atoms with Gasteiger partial charge in [0.25, 0.3) is 0 Å². The minimum atomic E-state index is -0.435. The van der Waals surface area contributed by atoms with Crippen molar-refractivity contribution in [2.45, 2.75) is 73.8 Å². The lowest BCUT2D eigenvalue weighted by Gasteiger charge is -2.06. The first-order chi connectivity index (χ1) is 10.6. The average molecular weight is 309 g/mol. The Bertz CT molecular complexity index is 373. The van der Waals surface area contributed by atoms with E-state index in [1.807, 2.05) is 47.6 Å².